The van der Waals surface area contributed by atoms with Crippen LogP contribution in [0.25, 0.3) is 11.0 Å². The average Bonchev–Trinajstić information content (AvgIpc) is 2.95. The first-order valence-corrected chi connectivity index (χ1v) is 6.98. The Morgan fingerprint density at radius 3 is 2.57 bits per heavy atom. The molecule has 21 heavy (non-hydrogen) atoms. The molecule has 2 nitrogen and oxygen atoms in total. The number of ketones is 1. The average molecular weight is 282 g/mol. The van der Waals surface area contributed by atoms with Gasteiger partial charge in [0.25, 0.3) is 0 Å². The van der Waals surface area contributed by atoms with E-state index in [4.69, 9.17) is 4.42 Å². The standard InChI is InChI=1S/C18H15FO2/c1-2-14(12-7-4-3-5-8-12)17(20)16-11-13-9-6-10-15(19)18(13)21-16/h3-11,14H,2H2,1H3. The van der Waals surface area contributed by atoms with E-state index in [0.29, 0.717) is 11.8 Å². The van der Waals surface area contributed by atoms with Gasteiger partial charge in [0.15, 0.2) is 17.2 Å². The van der Waals surface area contributed by atoms with Gasteiger partial charge in [-0.15, -0.1) is 0 Å². The number of fused-ring (bicyclic) bond motifs is 1. The highest BCUT2D eigenvalue weighted by Crippen LogP contribution is 2.28. The Morgan fingerprint density at radius 1 is 1.14 bits per heavy atom. The van der Waals surface area contributed by atoms with Crippen LogP contribution in [0.1, 0.15) is 35.4 Å². The van der Waals surface area contributed by atoms with Crippen LogP contribution in [0.5, 0.6) is 0 Å². The van der Waals surface area contributed by atoms with Crippen molar-refractivity contribution in [2.45, 2.75) is 19.3 Å². The Bertz CT molecular complexity index is 774. The summed E-state index contributed by atoms with van der Waals surface area (Å²) in [6, 6.07) is 15.9. The molecule has 0 radical (unpaired) electrons. The molecule has 3 rings (SSSR count). The van der Waals surface area contributed by atoms with Crippen LogP contribution >= 0.6 is 0 Å². The van der Waals surface area contributed by atoms with E-state index in [-0.39, 0.29) is 23.0 Å². The molecule has 1 unspecified atom stereocenters. The van der Waals surface area contributed by atoms with Gasteiger partial charge in [-0.2, -0.15) is 0 Å². The molecule has 2 aromatic carbocycles. The molecule has 0 aliphatic heterocycles. The number of halogens is 1. The molecule has 1 atom stereocenters. The van der Waals surface area contributed by atoms with Crippen LogP contribution in [0.15, 0.2) is 59.0 Å². The lowest BCUT2D eigenvalue weighted by molar-refractivity contribution is 0.0932. The van der Waals surface area contributed by atoms with Crippen LogP contribution in [-0.2, 0) is 0 Å². The SMILES string of the molecule is CCC(C(=O)c1cc2cccc(F)c2o1)c1ccccc1. The molecule has 0 fully saturated rings. The van der Waals surface area contributed by atoms with Gasteiger partial charge in [-0.25, -0.2) is 4.39 Å². The van der Waals surface area contributed by atoms with Crippen molar-refractivity contribution in [3.8, 4) is 0 Å². The molecule has 0 spiro atoms. The monoisotopic (exact) mass is 282 g/mol. The minimum absolute atomic E-state index is 0.112. The number of carbonyl (C=O) groups excluding carboxylic acids is 1. The molecule has 3 heteroatoms. The number of para-hydroxylation sites is 1. The van der Waals surface area contributed by atoms with Crippen molar-refractivity contribution in [2.75, 3.05) is 0 Å². The predicted octanol–water partition coefficient (Wildman–Crippen LogP) is 4.95. The molecular weight excluding hydrogens is 267 g/mol. The molecule has 0 N–H and O–H groups in total. The smallest absolute Gasteiger partial charge is 0.205 e. The summed E-state index contributed by atoms with van der Waals surface area (Å²) in [5, 5.41) is 0.612. The number of rotatable bonds is 4. The summed E-state index contributed by atoms with van der Waals surface area (Å²) in [6.45, 7) is 1.96. The van der Waals surface area contributed by atoms with Crippen LogP contribution in [0.3, 0.4) is 0 Å². The normalized spacial score (nSPS) is 12.5. The lowest BCUT2D eigenvalue weighted by Gasteiger charge is -2.12. The summed E-state index contributed by atoms with van der Waals surface area (Å²) in [6.07, 6.45) is 0.669. The molecule has 0 saturated carbocycles. The van der Waals surface area contributed by atoms with Crippen molar-refractivity contribution in [2.24, 2.45) is 0 Å². The van der Waals surface area contributed by atoms with E-state index in [1.54, 1.807) is 18.2 Å². The molecule has 106 valence electrons. The molecule has 1 aromatic heterocycles. The van der Waals surface area contributed by atoms with Gasteiger partial charge >= 0.3 is 0 Å². The van der Waals surface area contributed by atoms with Crippen LogP contribution in [-0.4, -0.2) is 5.78 Å². The highest BCUT2D eigenvalue weighted by Gasteiger charge is 2.23. The molecular formula is C18H15FO2. The van der Waals surface area contributed by atoms with Crippen LogP contribution in [0.2, 0.25) is 0 Å². The fourth-order valence-electron chi connectivity index (χ4n) is 2.58. The summed E-state index contributed by atoms with van der Waals surface area (Å²) < 4.78 is 19.1. The Kier molecular flexibility index (Phi) is 3.57. The zero-order valence-electron chi connectivity index (χ0n) is 11.7. The van der Waals surface area contributed by atoms with Gasteiger partial charge in [0.2, 0.25) is 5.78 Å². The van der Waals surface area contributed by atoms with Crippen molar-refractivity contribution < 1.29 is 13.6 Å². The molecule has 0 aliphatic rings. The number of Topliss-reactive ketones (excluding diaryl/α,β-unsaturated/α-hetero) is 1. The second-order valence-electron chi connectivity index (χ2n) is 5.00. The van der Waals surface area contributed by atoms with Gasteiger partial charge in [0.05, 0.1) is 5.92 Å². The highest BCUT2D eigenvalue weighted by atomic mass is 19.1. The van der Waals surface area contributed by atoms with Gasteiger partial charge in [0, 0.05) is 5.39 Å². The quantitative estimate of drug-likeness (QED) is 0.634. The summed E-state index contributed by atoms with van der Waals surface area (Å²) in [7, 11) is 0. The zero-order valence-corrected chi connectivity index (χ0v) is 11.7. The third kappa shape index (κ3) is 2.47. The highest BCUT2D eigenvalue weighted by molar-refractivity contribution is 6.01. The van der Waals surface area contributed by atoms with E-state index in [1.165, 1.54) is 6.07 Å². The molecule has 0 amide bonds. The minimum Gasteiger partial charge on any atom is -0.450 e. The molecule has 3 aromatic rings. The predicted molar refractivity (Wildman–Crippen MR) is 80.0 cm³/mol. The molecule has 0 saturated heterocycles. The maximum Gasteiger partial charge on any atom is 0.205 e. The first-order valence-electron chi connectivity index (χ1n) is 6.98. The van der Waals surface area contributed by atoms with Crippen molar-refractivity contribution >= 4 is 16.8 Å². The van der Waals surface area contributed by atoms with Gasteiger partial charge in [-0.3, -0.25) is 4.79 Å². The van der Waals surface area contributed by atoms with E-state index in [1.807, 2.05) is 37.3 Å². The van der Waals surface area contributed by atoms with Gasteiger partial charge < -0.3 is 4.42 Å². The molecule has 1 heterocycles. The Morgan fingerprint density at radius 2 is 1.90 bits per heavy atom. The summed E-state index contributed by atoms with van der Waals surface area (Å²) in [5.41, 5.74) is 1.09. The maximum absolute atomic E-state index is 13.7. The van der Waals surface area contributed by atoms with Crippen LogP contribution in [0.4, 0.5) is 4.39 Å². The number of carbonyl (C=O) groups is 1. The number of hydrogen-bond acceptors (Lipinski definition) is 2. The molecule has 0 bridgehead atoms. The summed E-state index contributed by atoms with van der Waals surface area (Å²) >= 11 is 0. The number of furan rings is 1. The van der Waals surface area contributed by atoms with Crippen molar-refractivity contribution in [1.82, 2.24) is 0 Å². The first kappa shape index (κ1) is 13.6. The Hall–Kier alpha value is -2.42. The fourth-order valence-corrected chi connectivity index (χ4v) is 2.58. The lowest BCUT2D eigenvalue weighted by atomic mass is 9.91. The Balaban J connectivity index is 2.01. The second kappa shape index (κ2) is 5.52. The van der Waals surface area contributed by atoms with E-state index < -0.39 is 5.82 Å². The minimum atomic E-state index is -0.445. The van der Waals surface area contributed by atoms with Crippen molar-refractivity contribution in [3.05, 3.63) is 71.7 Å². The number of benzene rings is 2. The van der Waals surface area contributed by atoms with Crippen LogP contribution in [0, 0.1) is 5.82 Å². The zero-order chi connectivity index (χ0) is 14.8. The summed E-state index contributed by atoms with van der Waals surface area (Å²) in [4.78, 5) is 12.6. The largest absolute Gasteiger partial charge is 0.450 e. The first-order chi connectivity index (χ1) is 10.2. The number of hydrogen-bond donors (Lipinski definition) is 0. The van der Waals surface area contributed by atoms with E-state index >= 15 is 0 Å². The summed E-state index contributed by atoms with van der Waals surface area (Å²) in [5.74, 6) is -0.612. The maximum atomic E-state index is 13.7. The van der Waals surface area contributed by atoms with Gasteiger partial charge in [-0.05, 0) is 24.1 Å². The van der Waals surface area contributed by atoms with E-state index in [0.717, 1.165) is 5.56 Å². The Labute approximate surface area is 122 Å². The second-order valence-corrected chi connectivity index (χ2v) is 5.00. The fraction of sp³-hybridized carbons (Fsp3) is 0.167. The van der Waals surface area contributed by atoms with E-state index in [9.17, 15) is 9.18 Å². The lowest BCUT2D eigenvalue weighted by Crippen LogP contribution is -2.11. The molecule has 0 aliphatic carbocycles. The van der Waals surface area contributed by atoms with Crippen molar-refractivity contribution in [3.63, 3.8) is 0 Å². The van der Waals surface area contributed by atoms with Crippen LogP contribution < -0.4 is 0 Å². The topological polar surface area (TPSA) is 30.2 Å². The van der Waals surface area contributed by atoms with E-state index in [2.05, 4.69) is 0 Å². The van der Waals surface area contributed by atoms with Gasteiger partial charge in [0.1, 0.15) is 0 Å². The third-order valence-electron chi connectivity index (χ3n) is 3.67. The van der Waals surface area contributed by atoms with Gasteiger partial charge in [-0.1, -0.05) is 49.4 Å². The third-order valence-corrected chi connectivity index (χ3v) is 3.67. The van der Waals surface area contributed by atoms with Crippen molar-refractivity contribution in [1.29, 1.82) is 0 Å².